The number of anilines is 3. The van der Waals surface area contributed by atoms with Crippen LogP contribution in [0.25, 0.3) is 76.9 Å². The number of furan rings is 2. The van der Waals surface area contributed by atoms with Gasteiger partial charge in [-0.2, -0.15) is 0 Å². The van der Waals surface area contributed by atoms with Gasteiger partial charge in [0.15, 0.2) is 5.58 Å². The first-order chi connectivity index (χ1) is 24.3. The van der Waals surface area contributed by atoms with Crippen molar-refractivity contribution in [3.05, 3.63) is 170 Å². The molecule has 230 valence electrons. The molecule has 0 bridgehead atoms. The van der Waals surface area contributed by atoms with Gasteiger partial charge in [-0.05, 0) is 76.5 Å². The molecule has 3 heterocycles. The minimum absolute atomic E-state index is 0.861. The average molecular weight is 629 g/mol. The summed E-state index contributed by atoms with van der Waals surface area (Å²) in [4.78, 5) is 6.68. The second-order valence-corrected chi connectivity index (χ2v) is 12.3. The highest BCUT2D eigenvalue weighted by molar-refractivity contribution is 6.25. The molecule has 0 fully saturated rings. The van der Waals surface area contributed by atoms with Gasteiger partial charge in [-0.15, -0.1) is 0 Å². The van der Waals surface area contributed by atoms with E-state index in [1.165, 1.54) is 10.8 Å². The largest absolute Gasteiger partial charge is 0.455 e. The molecule has 4 nitrogen and oxygen atoms in total. The predicted octanol–water partition coefficient (Wildman–Crippen LogP) is 12.8. The number of hydrogen-bond donors (Lipinski definition) is 0. The molecule has 0 aliphatic heterocycles. The summed E-state index contributed by atoms with van der Waals surface area (Å²) in [6.45, 7) is 0. The number of rotatable bonds is 5. The summed E-state index contributed by atoms with van der Waals surface area (Å²) >= 11 is 0. The van der Waals surface area contributed by atoms with Crippen molar-refractivity contribution in [3.8, 4) is 22.3 Å². The Morgan fingerprint density at radius 1 is 0.449 bits per heavy atom. The molecule has 10 rings (SSSR count). The minimum atomic E-state index is 0.861. The first-order valence-corrected chi connectivity index (χ1v) is 16.4. The molecule has 0 saturated carbocycles. The van der Waals surface area contributed by atoms with Crippen molar-refractivity contribution in [1.29, 1.82) is 0 Å². The van der Waals surface area contributed by atoms with Gasteiger partial charge in [-0.25, -0.2) is 0 Å². The van der Waals surface area contributed by atoms with Crippen LogP contribution in [0.4, 0.5) is 17.1 Å². The van der Waals surface area contributed by atoms with Gasteiger partial charge in [-0.3, -0.25) is 4.98 Å². The molecule has 0 saturated heterocycles. The Hall–Kier alpha value is -6.65. The molecule has 0 amide bonds. The van der Waals surface area contributed by atoms with Crippen LogP contribution in [0.3, 0.4) is 0 Å². The fraction of sp³-hybridized carbons (Fsp3) is 0. The third-order valence-corrected chi connectivity index (χ3v) is 9.54. The normalized spacial score (nSPS) is 11.7. The molecule has 4 heteroatoms. The lowest BCUT2D eigenvalue weighted by Gasteiger charge is -2.25. The van der Waals surface area contributed by atoms with Crippen LogP contribution in [-0.2, 0) is 0 Å². The summed E-state index contributed by atoms with van der Waals surface area (Å²) in [5, 5.41) is 6.77. The Labute approximate surface area is 282 Å². The molecular weight excluding hydrogens is 601 g/mol. The van der Waals surface area contributed by atoms with E-state index in [0.717, 1.165) is 83.2 Å². The van der Waals surface area contributed by atoms with Crippen LogP contribution in [-0.4, -0.2) is 4.98 Å². The van der Waals surface area contributed by atoms with Gasteiger partial charge < -0.3 is 13.7 Å². The van der Waals surface area contributed by atoms with E-state index in [9.17, 15) is 0 Å². The Kier molecular flexibility index (Phi) is 6.15. The lowest BCUT2D eigenvalue weighted by atomic mass is 9.93. The maximum Gasteiger partial charge on any atom is 0.159 e. The summed E-state index contributed by atoms with van der Waals surface area (Å²) in [5.41, 5.74) is 10.9. The minimum Gasteiger partial charge on any atom is -0.455 e. The molecule has 0 N–H and O–H groups in total. The van der Waals surface area contributed by atoms with E-state index in [-0.39, 0.29) is 0 Å². The summed E-state index contributed by atoms with van der Waals surface area (Å²) < 4.78 is 13.3. The first-order valence-electron chi connectivity index (χ1n) is 16.4. The van der Waals surface area contributed by atoms with Gasteiger partial charge in [0.25, 0.3) is 0 Å². The molecule has 49 heavy (non-hydrogen) atoms. The van der Waals surface area contributed by atoms with Crippen LogP contribution in [0.2, 0.25) is 0 Å². The number of hydrogen-bond acceptors (Lipinski definition) is 4. The zero-order valence-corrected chi connectivity index (χ0v) is 26.4. The highest BCUT2D eigenvalue weighted by Gasteiger charge is 2.21. The van der Waals surface area contributed by atoms with E-state index in [1.54, 1.807) is 0 Å². The van der Waals surface area contributed by atoms with E-state index >= 15 is 0 Å². The highest BCUT2D eigenvalue weighted by atomic mass is 16.3. The lowest BCUT2D eigenvalue weighted by Crippen LogP contribution is -2.10. The number of fused-ring (bicyclic) bond motifs is 8. The molecule has 0 radical (unpaired) electrons. The second kappa shape index (κ2) is 11.0. The van der Waals surface area contributed by atoms with Crippen molar-refractivity contribution in [2.24, 2.45) is 0 Å². The molecule has 3 aromatic heterocycles. The van der Waals surface area contributed by atoms with Gasteiger partial charge in [0.1, 0.15) is 16.7 Å². The van der Waals surface area contributed by atoms with Crippen molar-refractivity contribution in [2.75, 3.05) is 4.90 Å². The van der Waals surface area contributed by atoms with Gasteiger partial charge >= 0.3 is 0 Å². The molecule has 10 aromatic rings. The highest BCUT2D eigenvalue weighted by Crippen LogP contribution is 2.46. The summed E-state index contributed by atoms with van der Waals surface area (Å²) in [5.74, 6) is 0. The summed E-state index contributed by atoms with van der Waals surface area (Å²) in [6, 6.07) is 55.0. The number of nitrogens with zero attached hydrogens (tertiary/aromatic N) is 2. The lowest BCUT2D eigenvalue weighted by molar-refractivity contribution is 0.669. The van der Waals surface area contributed by atoms with Crippen molar-refractivity contribution >= 4 is 71.7 Å². The Morgan fingerprint density at radius 2 is 1.16 bits per heavy atom. The zero-order chi connectivity index (χ0) is 32.3. The van der Waals surface area contributed by atoms with Crippen molar-refractivity contribution in [3.63, 3.8) is 0 Å². The quantitative estimate of drug-likeness (QED) is 0.190. The van der Waals surface area contributed by atoms with Crippen LogP contribution >= 0.6 is 0 Å². The van der Waals surface area contributed by atoms with E-state index in [0.29, 0.717) is 0 Å². The number of benzene rings is 7. The Balaban J connectivity index is 1.17. The molecule has 0 aliphatic carbocycles. The molecule has 0 atom stereocenters. The van der Waals surface area contributed by atoms with Crippen LogP contribution < -0.4 is 4.90 Å². The maximum absolute atomic E-state index is 6.76. The van der Waals surface area contributed by atoms with E-state index in [1.807, 2.05) is 36.7 Å². The third kappa shape index (κ3) is 4.35. The van der Waals surface area contributed by atoms with Crippen molar-refractivity contribution < 1.29 is 8.83 Å². The Bertz CT molecular complexity index is 2820. The van der Waals surface area contributed by atoms with Crippen LogP contribution in [0.15, 0.2) is 179 Å². The standard InChI is InChI=1S/C45H28N2O2/c1-2-13-32(14-3-1)47(39-19-8-18-37-36-16-6-7-20-40(36)48-44(37)39)33-24-22-29(23-25-33)38-27-30-11-4-5-15-34(30)43-42-35(31-12-10-26-46-28-31)17-9-21-41(42)49-45(38)43/h1-28H. The molecule has 0 aliphatic rings. The molecule has 0 unspecified atom stereocenters. The molecule has 0 spiro atoms. The monoisotopic (exact) mass is 628 g/mol. The fourth-order valence-electron chi connectivity index (χ4n) is 7.35. The van der Waals surface area contributed by atoms with Crippen molar-refractivity contribution in [1.82, 2.24) is 4.98 Å². The summed E-state index contributed by atoms with van der Waals surface area (Å²) in [6.07, 6.45) is 3.73. The van der Waals surface area contributed by atoms with Gasteiger partial charge in [0, 0.05) is 56.4 Å². The zero-order valence-electron chi connectivity index (χ0n) is 26.4. The smallest absolute Gasteiger partial charge is 0.159 e. The number of pyridine rings is 1. The van der Waals surface area contributed by atoms with Crippen LogP contribution in [0.5, 0.6) is 0 Å². The average Bonchev–Trinajstić information content (AvgIpc) is 3.76. The number of aromatic nitrogens is 1. The predicted molar refractivity (Wildman–Crippen MR) is 202 cm³/mol. The Morgan fingerprint density at radius 3 is 2.02 bits per heavy atom. The van der Waals surface area contributed by atoms with Crippen LogP contribution in [0.1, 0.15) is 0 Å². The first kappa shape index (κ1) is 27.5. The fourth-order valence-corrected chi connectivity index (χ4v) is 7.35. The van der Waals surface area contributed by atoms with E-state index in [4.69, 9.17) is 8.83 Å². The topological polar surface area (TPSA) is 42.4 Å². The van der Waals surface area contributed by atoms with E-state index in [2.05, 4.69) is 143 Å². The molecule has 7 aromatic carbocycles. The molecular formula is C45H28N2O2. The maximum atomic E-state index is 6.76. The van der Waals surface area contributed by atoms with E-state index < -0.39 is 0 Å². The number of para-hydroxylation sites is 3. The van der Waals surface area contributed by atoms with Crippen molar-refractivity contribution in [2.45, 2.75) is 0 Å². The van der Waals surface area contributed by atoms with Crippen LogP contribution in [0, 0.1) is 0 Å². The van der Waals surface area contributed by atoms with Gasteiger partial charge in [-0.1, -0.05) is 103 Å². The second-order valence-electron chi connectivity index (χ2n) is 12.3. The van der Waals surface area contributed by atoms with Gasteiger partial charge in [0.2, 0.25) is 0 Å². The SMILES string of the molecule is c1ccc(N(c2ccc(-c3cc4ccccc4c4c3oc3cccc(-c5cccnc5)c34)cc2)c2cccc3c2oc2ccccc23)cc1. The summed E-state index contributed by atoms with van der Waals surface area (Å²) in [7, 11) is 0. The van der Waals surface area contributed by atoms with Gasteiger partial charge in [0.05, 0.1) is 5.69 Å². The third-order valence-electron chi connectivity index (χ3n) is 9.54.